The van der Waals surface area contributed by atoms with Crippen LogP contribution >= 0.6 is 0 Å². The Morgan fingerprint density at radius 1 is 1.30 bits per heavy atom. The van der Waals surface area contributed by atoms with Gasteiger partial charge in [-0.25, -0.2) is 0 Å². The van der Waals surface area contributed by atoms with Crippen LogP contribution in [-0.2, 0) is 9.47 Å². The lowest BCUT2D eigenvalue weighted by Crippen LogP contribution is -2.30. The molecule has 0 aliphatic carbocycles. The summed E-state index contributed by atoms with van der Waals surface area (Å²) in [6.45, 7) is 1.24. The van der Waals surface area contributed by atoms with E-state index in [9.17, 15) is 5.11 Å². The Hall–Kier alpha value is -0.120. The van der Waals surface area contributed by atoms with Crippen molar-refractivity contribution in [1.29, 1.82) is 0 Å². The molecule has 2 saturated heterocycles. The fraction of sp³-hybridized carbons (Fsp3) is 1.00. The molecule has 2 fully saturated rings. The molecule has 10 heavy (non-hydrogen) atoms. The molecule has 58 valence electrons. The van der Waals surface area contributed by atoms with E-state index in [1.54, 1.807) is 0 Å². The minimum Gasteiger partial charge on any atom is -0.390 e. The summed E-state index contributed by atoms with van der Waals surface area (Å²) >= 11 is 0. The average molecular weight is 144 g/mol. The third kappa shape index (κ3) is 0.944. The number of aliphatic hydroxyl groups is 1. The predicted octanol–water partition coefficient (Wildman–Crippen LogP) is 0.130. The fourth-order valence-electron chi connectivity index (χ4n) is 1.64. The maximum Gasteiger partial charge on any atom is 0.163 e. The van der Waals surface area contributed by atoms with Crippen molar-refractivity contribution >= 4 is 0 Å². The number of hydrogen-bond acceptors (Lipinski definition) is 3. The van der Waals surface area contributed by atoms with Crippen molar-refractivity contribution in [2.75, 3.05) is 13.2 Å². The average Bonchev–Trinajstić information content (AvgIpc) is 2.34. The van der Waals surface area contributed by atoms with E-state index in [1.165, 1.54) is 0 Å². The SMILES string of the molecule is O[C@H]1CO[C@@H]2OCCC[C@H]21. The first-order valence-corrected chi connectivity index (χ1v) is 3.79. The number of aliphatic hydroxyl groups excluding tert-OH is 1. The van der Waals surface area contributed by atoms with E-state index in [0.717, 1.165) is 19.4 Å². The molecule has 3 nitrogen and oxygen atoms in total. The topological polar surface area (TPSA) is 38.7 Å². The predicted molar refractivity (Wildman–Crippen MR) is 34.4 cm³/mol. The second kappa shape index (κ2) is 2.49. The molecule has 2 aliphatic heterocycles. The van der Waals surface area contributed by atoms with Gasteiger partial charge in [-0.15, -0.1) is 0 Å². The molecule has 0 aromatic rings. The molecule has 0 radical (unpaired) electrons. The summed E-state index contributed by atoms with van der Waals surface area (Å²) in [4.78, 5) is 0. The highest BCUT2D eigenvalue weighted by molar-refractivity contribution is 4.80. The van der Waals surface area contributed by atoms with Crippen molar-refractivity contribution in [3.05, 3.63) is 0 Å². The largest absolute Gasteiger partial charge is 0.390 e. The highest BCUT2D eigenvalue weighted by Gasteiger charge is 2.38. The zero-order chi connectivity index (χ0) is 6.97. The van der Waals surface area contributed by atoms with Gasteiger partial charge in [-0.3, -0.25) is 0 Å². The Kier molecular flexibility index (Phi) is 1.64. The highest BCUT2D eigenvalue weighted by Crippen LogP contribution is 2.30. The van der Waals surface area contributed by atoms with Crippen molar-refractivity contribution in [3.8, 4) is 0 Å². The van der Waals surface area contributed by atoms with E-state index in [-0.39, 0.29) is 18.3 Å². The zero-order valence-corrected chi connectivity index (χ0v) is 5.82. The van der Waals surface area contributed by atoms with Crippen molar-refractivity contribution in [3.63, 3.8) is 0 Å². The summed E-state index contributed by atoms with van der Waals surface area (Å²) in [6.07, 6.45) is 1.71. The van der Waals surface area contributed by atoms with Crippen LogP contribution in [0.2, 0.25) is 0 Å². The number of fused-ring (bicyclic) bond motifs is 1. The molecule has 0 bridgehead atoms. The van der Waals surface area contributed by atoms with Gasteiger partial charge in [0.25, 0.3) is 0 Å². The smallest absolute Gasteiger partial charge is 0.163 e. The third-order valence-corrected chi connectivity index (χ3v) is 2.24. The number of hydrogen-bond donors (Lipinski definition) is 1. The number of rotatable bonds is 0. The molecular weight excluding hydrogens is 132 g/mol. The molecule has 0 amide bonds. The molecule has 0 unspecified atom stereocenters. The first-order chi connectivity index (χ1) is 4.88. The molecule has 0 aromatic heterocycles. The zero-order valence-electron chi connectivity index (χ0n) is 5.82. The Bertz CT molecular complexity index is 124. The lowest BCUT2D eigenvalue weighted by molar-refractivity contribution is -0.152. The fourth-order valence-corrected chi connectivity index (χ4v) is 1.64. The van der Waals surface area contributed by atoms with Crippen molar-refractivity contribution in [2.45, 2.75) is 25.2 Å². The van der Waals surface area contributed by atoms with Crippen LogP contribution in [0.1, 0.15) is 12.8 Å². The molecular formula is C7H12O3. The lowest BCUT2D eigenvalue weighted by atomic mass is 9.97. The van der Waals surface area contributed by atoms with Crippen molar-refractivity contribution < 1.29 is 14.6 Å². The summed E-state index contributed by atoms with van der Waals surface area (Å²) in [5.41, 5.74) is 0. The summed E-state index contributed by atoms with van der Waals surface area (Å²) in [5.74, 6) is 0.244. The Morgan fingerprint density at radius 2 is 2.20 bits per heavy atom. The van der Waals surface area contributed by atoms with Crippen LogP contribution in [0.3, 0.4) is 0 Å². The summed E-state index contributed by atoms with van der Waals surface area (Å²) < 4.78 is 10.5. The van der Waals surface area contributed by atoms with Crippen LogP contribution < -0.4 is 0 Å². The van der Waals surface area contributed by atoms with E-state index in [0.29, 0.717) is 6.61 Å². The van der Waals surface area contributed by atoms with Gasteiger partial charge in [-0.2, -0.15) is 0 Å². The van der Waals surface area contributed by atoms with E-state index in [4.69, 9.17) is 9.47 Å². The van der Waals surface area contributed by atoms with Crippen LogP contribution in [0, 0.1) is 5.92 Å². The molecule has 0 spiro atoms. The first kappa shape index (κ1) is 6.58. The quantitative estimate of drug-likeness (QED) is 0.525. The second-order valence-corrected chi connectivity index (χ2v) is 2.95. The van der Waals surface area contributed by atoms with Gasteiger partial charge in [0.15, 0.2) is 6.29 Å². The third-order valence-electron chi connectivity index (χ3n) is 2.24. The minimum atomic E-state index is -0.287. The summed E-state index contributed by atoms with van der Waals surface area (Å²) in [5, 5.41) is 9.32. The Balaban J connectivity index is 2.01. The van der Waals surface area contributed by atoms with Crippen LogP contribution in [0.5, 0.6) is 0 Å². The van der Waals surface area contributed by atoms with Gasteiger partial charge in [0, 0.05) is 12.5 Å². The van der Waals surface area contributed by atoms with E-state index >= 15 is 0 Å². The lowest BCUT2D eigenvalue weighted by Gasteiger charge is -2.25. The van der Waals surface area contributed by atoms with E-state index in [2.05, 4.69) is 0 Å². The molecule has 2 heterocycles. The second-order valence-electron chi connectivity index (χ2n) is 2.95. The van der Waals surface area contributed by atoms with E-state index in [1.807, 2.05) is 0 Å². The van der Waals surface area contributed by atoms with Gasteiger partial charge >= 0.3 is 0 Å². The van der Waals surface area contributed by atoms with Crippen LogP contribution in [0.4, 0.5) is 0 Å². The van der Waals surface area contributed by atoms with Crippen molar-refractivity contribution in [1.82, 2.24) is 0 Å². The van der Waals surface area contributed by atoms with Crippen LogP contribution in [0.15, 0.2) is 0 Å². The normalized spacial score (nSPS) is 47.1. The summed E-state index contributed by atoms with van der Waals surface area (Å²) in [7, 11) is 0. The van der Waals surface area contributed by atoms with Gasteiger partial charge in [0.05, 0.1) is 12.7 Å². The highest BCUT2D eigenvalue weighted by atomic mass is 16.7. The Morgan fingerprint density at radius 3 is 3.00 bits per heavy atom. The van der Waals surface area contributed by atoms with Crippen LogP contribution in [-0.4, -0.2) is 30.7 Å². The maximum absolute atomic E-state index is 9.32. The van der Waals surface area contributed by atoms with Gasteiger partial charge in [-0.05, 0) is 12.8 Å². The maximum atomic E-state index is 9.32. The molecule has 0 saturated carbocycles. The van der Waals surface area contributed by atoms with Crippen LogP contribution in [0.25, 0.3) is 0 Å². The molecule has 3 atom stereocenters. The minimum absolute atomic E-state index is 0.108. The van der Waals surface area contributed by atoms with Gasteiger partial charge in [0.2, 0.25) is 0 Å². The molecule has 2 rings (SSSR count). The molecule has 3 heteroatoms. The first-order valence-electron chi connectivity index (χ1n) is 3.79. The van der Waals surface area contributed by atoms with Gasteiger partial charge < -0.3 is 14.6 Å². The van der Waals surface area contributed by atoms with Gasteiger partial charge in [-0.1, -0.05) is 0 Å². The standard InChI is InChI=1S/C7H12O3/c8-6-4-10-7-5(6)2-1-3-9-7/h5-8H,1-4H2/t5-,6-,7-/m0/s1. The van der Waals surface area contributed by atoms with Gasteiger partial charge in [0.1, 0.15) is 0 Å². The summed E-state index contributed by atoms with van der Waals surface area (Å²) in [6, 6.07) is 0. The molecule has 1 N–H and O–H groups in total. The number of ether oxygens (including phenoxy) is 2. The Labute approximate surface area is 59.9 Å². The van der Waals surface area contributed by atoms with Crippen molar-refractivity contribution in [2.24, 2.45) is 5.92 Å². The molecule has 0 aromatic carbocycles. The van der Waals surface area contributed by atoms with E-state index < -0.39 is 0 Å². The molecule has 2 aliphatic rings. The monoisotopic (exact) mass is 144 g/mol.